The van der Waals surface area contributed by atoms with Crippen molar-refractivity contribution in [2.45, 2.75) is 10.5 Å². The molecule has 0 heterocycles. The predicted octanol–water partition coefficient (Wildman–Crippen LogP) is 1.94. The van der Waals surface area contributed by atoms with Gasteiger partial charge in [-0.15, -0.1) is 0 Å². The molecule has 0 N–H and O–H groups in total. The molecule has 0 fully saturated rings. The molecule has 0 nitrogen and oxygen atoms in total. The molecule has 0 aliphatic heterocycles. The molecule has 0 aliphatic rings. The summed E-state index contributed by atoms with van der Waals surface area (Å²) in [7, 11) is 0. The van der Waals surface area contributed by atoms with Crippen molar-refractivity contribution in [3.8, 4) is 0 Å². The molecule has 0 unspecified atom stereocenters. The number of rotatable bonds is 2. The Morgan fingerprint density at radius 1 is 1.22 bits per heavy atom. The molecule has 1 aromatic rings. The van der Waals surface area contributed by atoms with Crippen molar-refractivity contribution in [3.63, 3.8) is 0 Å². The third kappa shape index (κ3) is 2.29. The molecule has 1 radical (unpaired) electrons. The van der Waals surface area contributed by atoms with Crippen LogP contribution >= 0.6 is 0 Å². The Balaban J connectivity index is 2.61. The second kappa shape index (κ2) is 3.80. The minimum atomic E-state index is 0.0877. The summed E-state index contributed by atoms with van der Waals surface area (Å²) in [5.41, 5.74) is 3.87. The maximum atomic E-state index is 2.36. The molecule has 0 saturated heterocycles. The molecule has 0 aromatic heterocycles. The van der Waals surface area contributed by atoms with Crippen LogP contribution in [-0.2, 0) is 4.98 Å². The van der Waals surface area contributed by atoms with Gasteiger partial charge >= 0.3 is 63.8 Å². The van der Waals surface area contributed by atoms with Gasteiger partial charge in [0.2, 0.25) is 0 Å². The first-order valence-corrected chi connectivity index (χ1v) is 7.39. The first kappa shape index (κ1) is 6.97. The molecule has 0 aliphatic carbocycles. The summed E-state index contributed by atoms with van der Waals surface area (Å²) in [5.74, 6) is 0. The van der Waals surface area contributed by atoms with Crippen molar-refractivity contribution < 1.29 is 0 Å². The summed E-state index contributed by atoms with van der Waals surface area (Å²) >= 11 is 0.0877. The van der Waals surface area contributed by atoms with Crippen molar-refractivity contribution >= 4 is 17.4 Å². The van der Waals surface area contributed by atoms with Crippen molar-refractivity contribution in [1.29, 1.82) is 0 Å². The predicted molar refractivity (Wildman–Crippen MR) is 41.8 cm³/mol. The molecular weight excluding hydrogens is 166 g/mol. The van der Waals surface area contributed by atoms with E-state index in [0.29, 0.717) is 0 Å². The van der Waals surface area contributed by atoms with Crippen LogP contribution in [0.4, 0.5) is 0 Å². The van der Waals surface area contributed by atoms with E-state index in [4.69, 9.17) is 0 Å². The summed E-state index contributed by atoms with van der Waals surface area (Å²) in [6.07, 6.45) is 0. The van der Waals surface area contributed by atoms with Crippen LogP contribution in [0.5, 0.6) is 0 Å². The van der Waals surface area contributed by atoms with Crippen LogP contribution in [0.2, 0.25) is 5.48 Å². The van der Waals surface area contributed by atoms with E-state index in [1.165, 1.54) is 10.5 Å². The molecule has 1 heteroatoms. The van der Waals surface area contributed by atoms with Crippen molar-refractivity contribution in [3.05, 3.63) is 35.9 Å². The van der Waals surface area contributed by atoms with Gasteiger partial charge in [-0.25, -0.2) is 0 Å². The Labute approximate surface area is 64.1 Å². The van der Waals surface area contributed by atoms with Crippen molar-refractivity contribution in [1.82, 2.24) is 0 Å². The average Bonchev–Trinajstić information content (AvgIpc) is 1.91. The van der Waals surface area contributed by atoms with Gasteiger partial charge in [-0.05, 0) is 0 Å². The zero-order valence-corrected chi connectivity index (χ0v) is 8.09. The van der Waals surface area contributed by atoms with E-state index in [2.05, 4.69) is 35.8 Å². The van der Waals surface area contributed by atoms with E-state index < -0.39 is 0 Å². The van der Waals surface area contributed by atoms with E-state index in [-0.39, 0.29) is 17.4 Å². The molecule has 0 amide bonds. The molecule has 1 rings (SSSR count). The standard InChI is InChI=1S/C7H7.CH3.Ga/c1-7-5-3-2-4-6-7;;/h2-6H,1H2;1H3;. The fourth-order valence-electron chi connectivity index (χ4n) is 0.850. The number of hydrogen-bond donors (Lipinski definition) is 0. The van der Waals surface area contributed by atoms with E-state index >= 15 is 0 Å². The van der Waals surface area contributed by atoms with Crippen LogP contribution in [0.3, 0.4) is 0 Å². The van der Waals surface area contributed by atoms with Crippen LogP contribution in [0.25, 0.3) is 0 Å². The fraction of sp³-hybridized carbons (Fsp3) is 0.250. The first-order chi connectivity index (χ1) is 4.43. The second-order valence-electron chi connectivity index (χ2n) is 2.10. The quantitative estimate of drug-likeness (QED) is 0.603. The summed E-state index contributed by atoms with van der Waals surface area (Å²) in [6, 6.07) is 10.7. The van der Waals surface area contributed by atoms with Crippen LogP contribution in [-0.4, -0.2) is 17.4 Å². The SMILES string of the molecule is [CH3][Ga][CH2]c1ccccc1. The third-order valence-corrected chi connectivity index (χ3v) is 3.13. The Morgan fingerprint density at radius 3 is 2.44 bits per heavy atom. The Bertz CT molecular complexity index is 157. The third-order valence-electron chi connectivity index (χ3n) is 1.28. The number of benzene rings is 1. The van der Waals surface area contributed by atoms with Gasteiger partial charge in [-0.1, -0.05) is 0 Å². The van der Waals surface area contributed by atoms with Crippen LogP contribution in [0, 0.1) is 0 Å². The van der Waals surface area contributed by atoms with Crippen LogP contribution < -0.4 is 0 Å². The molecule has 0 saturated carbocycles. The fourth-order valence-corrected chi connectivity index (χ4v) is 2.41. The average molecular weight is 176 g/mol. The molecule has 0 atom stereocenters. The molecule has 0 bridgehead atoms. The van der Waals surface area contributed by atoms with E-state index in [9.17, 15) is 0 Å². The van der Waals surface area contributed by atoms with Gasteiger partial charge in [0.15, 0.2) is 0 Å². The van der Waals surface area contributed by atoms with Gasteiger partial charge < -0.3 is 0 Å². The Kier molecular flexibility index (Phi) is 2.94. The number of hydrogen-bond acceptors (Lipinski definition) is 0. The normalized spacial score (nSPS) is 9.00. The maximum absolute atomic E-state index is 2.36. The van der Waals surface area contributed by atoms with Crippen molar-refractivity contribution in [2.75, 3.05) is 0 Å². The van der Waals surface area contributed by atoms with E-state index in [1.807, 2.05) is 0 Å². The molecule has 0 spiro atoms. The molecule has 1 aromatic carbocycles. The topological polar surface area (TPSA) is 0 Å². The second-order valence-corrected chi connectivity index (χ2v) is 4.67. The molecule has 9 heavy (non-hydrogen) atoms. The zero-order chi connectivity index (χ0) is 6.53. The minimum absolute atomic E-state index is 0.0877. The van der Waals surface area contributed by atoms with E-state index in [0.717, 1.165) is 0 Å². The summed E-state index contributed by atoms with van der Waals surface area (Å²) < 4.78 is 0. The van der Waals surface area contributed by atoms with Crippen molar-refractivity contribution in [2.24, 2.45) is 0 Å². The monoisotopic (exact) mass is 175 g/mol. The Hall–Kier alpha value is -0.144. The van der Waals surface area contributed by atoms with Gasteiger partial charge in [-0.3, -0.25) is 0 Å². The van der Waals surface area contributed by atoms with Crippen LogP contribution in [0.1, 0.15) is 5.56 Å². The Morgan fingerprint density at radius 2 is 1.89 bits per heavy atom. The molecular formula is C8H10Ga. The van der Waals surface area contributed by atoms with Gasteiger partial charge in [0, 0.05) is 0 Å². The summed E-state index contributed by atoms with van der Waals surface area (Å²) in [4.78, 5) is 1.37. The molecule has 45 valence electrons. The first-order valence-electron chi connectivity index (χ1n) is 3.25. The summed E-state index contributed by atoms with van der Waals surface area (Å²) in [5, 5.41) is 0. The van der Waals surface area contributed by atoms with E-state index in [1.54, 1.807) is 0 Å². The zero-order valence-electron chi connectivity index (χ0n) is 5.67. The van der Waals surface area contributed by atoms with Gasteiger partial charge in [-0.2, -0.15) is 0 Å². The van der Waals surface area contributed by atoms with Gasteiger partial charge in [0.25, 0.3) is 0 Å². The van der Waals surface area contributed by atoms with Crippen LogP contribution in [0.15, 0.2) is 30.3 Å². The summed E-state index contributed by atoms with van der Waals surface area (Å²) in [6.45, 7) is 0. The van der Waals surface area contributed by atoms with Gasteiger partial charge in [0.05, 0.1) is 0 Å². The van der Waals surface area contributed by atoms with Gasteiger partial charge in [0.1, 0.15) is 0 Å².